The van der Waals surface area contributed by atoms with Gasteiger partial charge < -0.3 is 25.7 Å². The van der Waals surface area contributed by atoms with Gasteiger partial charge in [-0.1, -0.05) is 39.2 Å². The van der Waals surface area contributed by atoms with E-state index in [9.17, 15) is 28.5 Å². The van der Waals surface area contributed by atoms with Gasteiger partial charge >= 0.3 is 7.12 Å². The fourth-order valence-corrected chi connectivity index (χ4v) is 6.91. The molecule has 4 fully saturated rings. The summed E-state index contributed by atoms with van der Waals surface area (Å²) in [6.07, 6.45) is 2.61. The number of nitrogens with zero attached hydrogens (tertiary/aromatic N) is 2. The van der Waals surface area contributed by atoms with Gasteiger partial charge in [-0.15, -0.1) is 0 Å². The fraction of sp³-hybridized carbons (Fsp3) is 0.679. The Bertz CT molecular complexity index is 1270. The Morgan fingerprint density at radius 2 is 1.95 bits per heavy atom. The van der Waals surface area contributed by atoms with Crippen LogP contribution in [0.2, 0.25) is 0 Å². The maximum absolute atomic E-state index is 14.4. The number of halogens is 2. The number of hydrogen-bond donors (Lipinski definition) is 4. The number of hydrazine groups is 1. The van der Waals surface area contributed by atoms with Gasteiger partial charge in [0.15, 0.2) is 16.7 Å². The highest BCUT2D eigenvalue weighted by molar-refractivity contribution is 6.48. The molecular weight excluding hydrogens is 565 g/mol. The van der Waals surface area contributed by atoms with Crippen molar-refractivity contribution in [3.05, 3.63) is 45.5 Å². The van der Waals surface area contributed by atoms with E-state index in [1.807, 2.05) is 13.8 Å². The Hall–Kier alpha value is -3.33. The second-order valence-corrected chi connectivity index (χ2v) is 13.0. The first-order valence-electron chi connectivity index (χ1n) is 14.7. The Morgan fingerprint density at radius 3 is 2.60 bits per heavy atom. The number of nitrogens with one attached hydrogen (secondary N) is 3. The topological polar surface area (TPSA) is 170 Å². The molecule has 43 heavy (non-hydrogen) atoms. The average molecular weight is 606 g/mol. The van der Waals surface area contributed by atoms with E-state index >= 15 is 0 Å². The first-order chi connectivity index (χ1) is 20.1. The first-order valence-corrected chi connectivity index (χ1v) is 14.7. The predicted octanol–water partition coefficient (Wildman–Crippen LogP) is 2.74. The molecule has 1 saturated heterocycles. The minimum Gasteiger partial charge on any atom is -0.404 e. The number of guanidine groups is 1. The second-order valence-electron chi connectivity index (χ2n) is 13.0. The van der Waals surface area contributed by atoms with E-state index in [0.717, 1.165) is 25.0 Å². The molecule has 3 aliphatic carbocycles. The second kappa shape index (κ2) is 12.7. The third-order valence-electron chi connectivity index (χ3n) is 9.31. The number of hydrogen-bond acceptors (Lipinski definition) is 7. The van der Waals surface area contributed by atoms with Gasteiger partial charge in [0.1, 0.15) is 6.04 Å². The Morgan fingerprint density at radius 1 is 1.23 bits per heavy atom. The molecule has 5 N–H and O–H groups in total. The summed E-state index contributed by atoms with van der Waals surface area (Å²) >= 11 is 0. The van der Waals surface area contributed by atoms with Crippen LogP contribution in [0.4, 0.5) is 8.78 Å². The standard InChI is InChI=1S/C28H41BF2N6O6/c1-15(2)12-22(29-42-21-14-16-13-20(27(16,3)4)28(21,5)43-29)35-25(39)19(10-7-11-33-26(32)36-37(40)41)34-24(38)17-8-6-9-18(30)23(17)31/h6,8-9,15-16,19-22H,7,10-14H2,1-5H3,(H,34,38)(H,35,39)(H3,32,33,36)/t16-,19+,20-,21-,22+,28+/m1/s1. The molecule has 1 aliphatic heterocycles. The molecule has 0 spiro atoms. The lowest BCUT2D eigenvalue weighted by Crippen LogP contribution is -2.65. The summed E-state index contributed by atoms with van der Waals surface area (Å²) < 4.78 is 41.2. The van der Waals surface area contributed by atoms with Crippen molar-refractivity contribution in [2.75, 3.05) is 6.54 Å². The number of nitro groups is 1. The smallest absolute Gasteiger partial charge is 0.404 e. The Kier molecular flexibility index (Phi) is 9.64. The minimum absolute atomic E-state index is 0.00327. The van der Waals surface area contributed by atoms with Gasteiger partial charge in [-0.05, 0) is 74.3 Å². The number of aliphatic imine (C=N–C) groups is 1. The van der Waals surface area contributed by atoms with Gasteiger partial charge in [0.2, 0.25) is 5.91 Å². The van der Waals surface area contributed by atoms with Crippen molar-refractivity contribution in [1.29, 1.82) is 0 Å². The molecule has 4 aliphatic rings. The molecule has 1 heterocycles. The van der Waals surface area contributed by atoms with Crippen LogP contribution in [-0.2, 0) is 14.1 Å². The largest absolute Gasteiger partial charge is 0.481 e. The molecule has 0 unspecified atom stereocenters. The van der Waals surface area contributed by atoms with Crippen molar-refractivity contribution in [2.45, 2.75) is 90.4 Å². The van der Waals surface area contributed by atoms with E-state index in [0.29, 0.717) is 18.3 Å². The zero-order valence-corrected chi connectivity index (χ0v) is 25.2. The van der Waals surface area contributed by atoms with Crippen molar-refractivity contribution in [3.8, 4) is 0 Å². The lowest BCUT2D eigenvalue weighted by Gasteiger charge is -2.64. The van der Waals surface area contributed by atoms with E-state index in [1.54, 1.807) is 5.43 Å². The van der Waals surface area contributed by atoms with Gasteiger partial charge in [-0.3, -0.25) is 9.59 Å². The van der Waals surface area contributed by atoms with E-state index in [-0.39, 0.29) is 36.8 Å². The summed E-state index contributed by atoms with van der Waals surface area (Å²) in [5, 5.41) is 15.2. The van der Waals surface area contributed by atoms with Crippen molar-refractivity contribution in [2.24, 2.45) is 33.9 Å². The van der Waals surface area contributed by atoms with Crippen molar-refractivity contribution < 1.29 is 32.7 Å². The van der Waals surface area contributed by atoms with Gasteiger partial charge in [-0.25, -0.2) is 23.9 Å². The number of rotatable bonds is 12. The van der Waals surface area contributed by atoms with Crippen molar-refractivity contribution >= 4 is 24.9 Å². The predicted molar refractivity (Wildman–Crippen MR) is 155 cm³/mol. The SMILES string of the molecule is CC(C)C[C@H](NC(=O)[C@H](CCCN=C(N)N[N+](=O)[O-])NC(=O)c1cccc(F)c1F)B1O[C@@H]2C[C@H]3C[C@H](C3(C)C)[C@]2(C)O1. The average Bonchev–Trinajstić information content (AvgIpc) is 3.27. The van der Waals surface area contributed by atoms with Gasteiger partial charge in [0, 0.05) is 6.54 Å². The van der Waals surface area contributed by atoms with Crippen LogP contribution < -0.4 is 21.8 Å². The van der Waals surface area contributed by atoms with Crippen LogP contribution in [0.1, 0.15) is 77.1 Å². The highest BCUT2D eigenvalue weighted by atomic mass is 19.2. The summed E-state index contributed by atoms with van der Waals surface area (Å²) in [7, 11) is -0.703. The molecule has 5 rings (SSSR count). The zero-order valence-electron chi connectivity index (χ0n) is 25.2. The minimum atomic E-state index is -1.33. The molecule has 1 aromatic rings. The normalized spacial score (nSPS) is 27.1. The van der Waals surface area contributed by atoms with E-state index < -0.39 is 64.7 Å². The molecule has 0 radical (unpaired) electrons. The van der Waals surface area contributed by atoms with E-state index in [4.69, 9.17) is 15.0 Å². The van der Waals surface area contributed by atoms with Crippen LogP contribution in [0, 0.1) is 44.9 Å². The number of benzene rings is 1. The zero-order chi connectivity index (χ0) is 31.7. The van der Waals surface area contributed by atoms with E-state index in [2.05, 4.69) is 36.4 Å². The van der Waals surface area contributed by atoms with Crippen molar-refractivity contribution in [3.63, 3.8) is 0 Å². The van der Waals surface area contributed by atoms with E-state index in [1.165, 1.54) is 6.07 Å². The van der Waals surface area contributed by atoms with Gasteiger partial charge in [0.25, 0.3) is 11.9 Å². The fourth-order valence-electron chi connectivity index (χ4n) is 6.91. The molecule has 2 amide bonds. The van der Waals surface area contributed by atoms with Gasteiger partial charge in [0.05, 0.1) is 23.2 Å². The van der Waals surface area contributed by atoms with Crippen LogP contribution in [0.3, 0.4) is 0 Å². The summed E-state index contributed by atoms with van der Waals surface area (Å²) in [5.74, 6) is -3.97. The van der Waals surface area contributed by atoms with Crippen molar-refractivity contribution in [1.82, 2.24) is 16.1 Å². The van der Waals surface area contributed by atoms with Crippen LogP contribution in [0.15, 0.2) is 23.2 Å². The quantitative estimate of drug-likeness (QED) is 0.0703. The third-order valence-corrected chi connectivity index (χ3v) is 9.31. The molecule has 236 valence electrons. The molecular formula is C28H41BF2N6O6. The van der Waals surface area contributed by atoms with Gasteiger partial charge in [-0.2, -0.15) is 0 Å². The monoisotopic (exact) mass is 606 g/mol. The number of amides is 2. The molecule has 3 saturated carbocycles. The first kappa shape index (κ1) is 32.6. The van der Waals surface area contributed by atoms with Crippen LogP contribution in [-0.4, -0.2) is 60.2 Å². The molecule has 0 aromatic heterocycles. The lowest BCUT2D eigenvalue weighted by molar-refractivity contribution is -0.525. The molecule has 15 heteroatoms. The lowest BCUT2D eigenvalue weighted by atomic mass is 9.43. The Labute approximate surface area is 250 Å². The maximum atomic E-state index is 14.4. The summed E-state index contributed by atoms with van der Waals surface area (Å²) in [6.45, 7) is 10.6. The molecule has 1 aromatic carbocycles. The van der Waals surface area contributed by atoms with Crippen LogP contribution >= 0.6 is 0 Å². The molecule has 6 atom stereocenters. The summed E-state index contributed by atoms with van der Waals surface area (Å²) in [6, 6.07) is 2.03. The highest BCUT2D eigenvalue weighted by Gasteiger charge is 2.68. The molecule has 12 nitrogen and oxygen atoms in total. The summed E-state index contributed by atoms with van der Waals surface area (Å²) in [4.78, 5) is 41.0. The highest BCUT2D eigenvalue weighted by Crippen LogP contribution is 2.65. The number of carbonyl (C=O) groups excluding carboxylic acids is 2. The van der Waals surface area contributed by atoms with Crippen LogP contribution in [0.5, 0.6) is 0 Å². The van der Waals surface area contributed by atoms with Crippen LogP contribution in [0.25, 0.3) is 0 Å². The summed E-state index contributed by atoms with van der Waals surface area (Å²) in [5.41, 5.74) is 6.29. The maximum Gasteiger partial charge on any atom is 0.481 e. The number of carbonyl (C=O) groups is 2. The third kappa shape index (κ3) is 6.92. The molecule has 2 bridgehead atoms. The Balaban J connectivity index is 1.49. The number of nitrogens with two attached hydrogens (primary N) is 1.